The zero-order valence-electron chi connectivity index (χ0n) is 7.88. The molecule has 0 aliphatic heterocycles. The Kier molecular flexibility index (Phi) is 2.18. The molecular weight excluding hydrogens is 180 g/mol. The molecule has 1 aromatic heterocycles. The number of nitrogens with two attached hydrogens (primary N) is 1. The summed E-state index contributed by atoms with van der Waals surface area (Å²) in [6.45, 7) is 0.190. The maximum Gasteiger partial charge on any atom is 0.119 e. The lowest BCUT2D eigenvalue weighted by Crippen LogP contribution is -2.11. The Labute approximate surface area is 81.1 Å². The fourth-order valence-electron chi connectivity index (χ4n) is 1.47. The van der Waals surface area contributed by atoms with Crippen molar-refractivity contribution in [1.82, 2.24) is 15.0 Å². The lowest BCUT2D eigenvalue weighted by atomic mass is 10.1. The standard InChI is InChI=1S/C9H12N4O/c1-13-7-4-2-3-6(8(14)5-10)9(7)11-12-13/h2-4,8,14H,5,10H2,1H3. The lowest BCUT2D eigenvalue weighted by Gasteiger charge is -2.07. The second-order valence-electron chi connectivity index (χ2n) is 3.18. The van der Waals surface area contributed by atoms with Gasteiger partial charge >= 0.3 is 0 Å². The van der Waals surface area contributed by atoms with Crippen molar-refractivity contribution in [3.8, 4) is 0 Å². The molecule has 14 heavy (non-hydrogen) atoms. The summed E-state index contributed by atoms with van der Waals surface area (Å²) in [6.07, 6.45) is -0.671. The van der Waals surface area contributed by atoms with Crippen LogP contribution in [0, 0.1) is 0 Å². The number of aromatic nitrogens is 3. The van der Waals surface area contributed by atoms with Gasteiger partial charge in [-0.15, -0.1) is 5.10 Å². The Morgan fingerprint density at radius 2 is 2.36 bits per heavy atom. The van der Waals surface area contributed by atoms with Crippen molar-refractivity contribution in [1.29, 1.82) is 0 Å². The van der Waals surface area contributed by atoms with Gasteiger partial charge in [-0.2, -0.15) is 0 Å². The molecule has 1 aromatic carbocycles. The smallest absolute Gasteiger partial charge is 0.119 e. The van der Waals surface area contributed by atoms with Gasteiger partial charge in [-0.3, -0.25) is 0 Å². The third kappa shape index (κ3) is 1.26. The molecule has 0 saturated heterocycles. The summed E-state index contributed by atoms with van der Waals surface area (Å²) in [5.41, 5.74) is 7.75. The van der Waals surface area contributed by atoms with E-state index in [4.69, 9.17) is 5.73 Å². The van der Waals surface area contributed by atoms with E-state index in [0.717, 1.165) is 11.1 Å². The van der Waals surface area contributed by atoms with Crippen molar-refractivity contribution in [2.75, 3.05) is 6.54 Å². The van der Waals surface area contributed by atoms with E-state index >= 15 is 0 Å². The number of rotatable bonds is 2. The summed E-state index contributed by atoms with van der Waals surface area (Å²) < 4.78 is 1.67. The second-order valence-corrected chi connectivity index (χ2v) is 3.18. The highest BCUT2D eigenvalue weighted by atomic mass is 16.3. The summed E-state index contributed by atoms with van der Waals surface area (Å²) in [6, 6.07) is 5.58. The maximum atomic E-state index is 9.63. The van der Waals surface area contributed by atoms with E-state index in [1.54, 1.807) is 4.68 Å². The molecule has 0 aliphatic rings. The highest BCUT2D eigenvalue weighted by molar-refractivity contribution is 5.78. The third-order valence-corrected chi connectivity index (χ3v) is 2.26. The van der Waals surface area contributed by atoms with Gasteiger partial charge in [-0.1, -0.05) is 17.3 Å². The third-order valence-electron chi connectivity index (χ3n) is 2.26. The first-order valence-electron chi connectivity index (χ1n) is 4.40. The largest absolute Gasteiger partial charge is 0.387 e. The monoisotopic (exact) mass is 192 g/mol. The van der Waals surface area contributed by atoms with Crippen molar-refractivity contribution in [2.24, 2.45) is 12.8 Å². The zero-order valence-corrected chi connectivity index (χ0v) is 7.88. The van der Waals surface area contributed by atoms with E-state index in [9.17, 15) is 5.11 Å². The molecule has 0 bridgehead atoms. The molecule has 0 amide bonds. The molecule has 0 saturated carbocycles. The molecular formula is C9H12N4O. The van der Waals surface area contributed by atoms with Gasteiger partial charge in [0.25, 0.3) is 0 Å². The number of aliphatic hydroxyl groups is 1. The topological polar surface area (TPSA) is 77.0 Å². The van der Waals surface area contributed by atoms with Crippen LogP contribution in [0.4, 0.5) is 0 Å². The van der Waals surface area contributed by atoms with E-state index in [0.29, 0.717) is 5.52 Å². The van der Waals surface area contributed by atoms with Gasteiger partial charge in [0.1, 0.15) is 5.52 Å². The molecule has 0 radical (unpaired) electrons. The van der Waals surface area contributed by atoms with Crippen LogP contribution >= 0.6 is 0 Å². The summed E-state index contributed by atoms with van der Waals surface area (Å²) in [5.74, 6) is 0. The van der Waals surface area contributed by atoms with Crippen LogP contribution in [-0.4, -0.2) is 26.6 Å². The minimum Gasteiger partial charge on any atom is -0.387 e. The van der Waals surface area contributed by atoms with E-state index in [2.05, 4.69) is 10.3 Å². The Hall–Kier alpha value is -1.46. The SMILES string of the molecule is Cn1nnc2c(C(O)CN)cccc21. The summed E-state index contributed by atoms with van der Waals surface area (Å²) in [7, 11) is 1.81. The number of hydrogen-bond donors (Lipinski definition) is 2. The van der Waals surface area contributed by atoms with Crippen molar-refractivity contribution in [3.63, 3.8) is 0 Å². The first-order valence-corrected chi connectivity index (χ1v) is 4.40. The van der Waals surface area contributed by atoms with E-state index < -0.39 is 6.10 Å². The van der Waals surface area contributed by atoms with Gasteiger partial charge < -0.3 is 10.8 Å². The molecule has 0 fully saturated rings. The van der Waals surface area contributed by atoms with Crippen LogP contribution < -0.4 is 5.73 Å². The normalized spacial score (nSPS) is 13.4. The average Bonchev–Trinajstić information content (AvgIpc) is 2.59. The van der Waals surface area contributed by atoms with Crippen LogP contribution in [-0.2, 0) is 7.05 Å². The predicted octanol–water partition coefficient (Wildman–Crippen LogP) is -0.0396. The van der Waals surface area contributed by atoms with Crippen molar-refractivity contribution in [2.45, 2.75) is 6.10 Å². The van der Waals surface area contributed by atoms with E-state index in [1.165, 1.54) is 0 Å². The van der Waals surface area contributed by atoms with Crippen molar-refractivity contribution in [3.05, 3.63) is 23.8 Å². The number of fused-ring (bicyclic) bond motifs is 1. The molecule has 2 aromatic rings. The van der Waals surface area contributed by atoms with Gasteiger partial charge in [-0.05, 0) is 6.07 Å². The van der Waals surface area contributed by atoms with Crippen LogP contribution in [0.15, 0.2) is 18.2 Å². The highest BCUT2D eigenvalue weighted by Gasteiger charge is 2.12. The fourth-order valence-corrected chi connectivity index (χ4v) is 1.47. The van der Waals surface area contributed by atoms with Crippen LogP contribution in [0.3, 0.4) is 0 Å². The Morgan fingerprint density at radius 3 is 3.07 bits per heavy atom. The molecule has 5 heteroatoms. The Balaban J connectivity index is 2.65. The quantitative estimate of drug-likeness (QED) is 0.700. The summed E-state index contributed by atoms with van der Waals surface area (Å²) in [4.78, 5) is 0. The molecule has 3 N–H and O–H groups in total. The zero-order chi connectivity index (χ0) is 10.1. The molecule has 1 atom stereocenters. The maximum absolute atomic E-state index is 9.63. The Bertz CT molecular complexity index is 451. The van der Waals surface area contributed by atoms with Crippen LogP contribution in [0.2, 0.25) is 0 Å². The average molecular weight is 192 g/mol. The number of nitrogens with zero attached hydrogens (tertiary/aromatic N) is 3. The van der Waals surface area contributed by atoms with Gasteiger partial charge in [-0.25, -0.2) is 4.68 Å². The minimum absolute atomic E-state index is 0.190. The molecule has 2 rings (SSSR count). The number of benzene rings is 1. The lowest BCUT2D eigenvalue weighted by molar-refractivity contribution is 0.188. The van der Waals surface area contributed by atoms with Crippen molar-refractivity contribution >= 4 is 11.0 Å². The molecule has 74 valence electrons. The van der Waals surface area contributed by atoms with Crippen LogP contribution in [0.5, 0.6) is 0 Å². The summed E-state index contributed by atoms with van der Waals surface area (Å²) in [5, 5.41) is 17.5. The first-order chi connectivity index (χ1) is 6.74. The Morgan fingerprint density at radius 1 is 1.57 bits per heavy atom. The molecule has 1 heterocycles. The van der Waals surface area contributed by atoms with Gasteiger partial charge in [0.15, 0.2) is 0 Å². The van der Waals surface area contributed by atoms with Gasteiger partial charge in [0, 0.05) is 19.2 Å². The number of aryl methyl sites for hydroxylation is 1. The van der Waals surface area contributed by atoms with Gasteiger partial charge in [0.05, 0.1) is 11.6 Å². The molecule has 5 nitrogen and oxygen atoms in total. The first kappa shape index (κ1) is 9.11. The van der Waals surface area contributed by atoms with Crippen molar-refractivity contribution < 1.29 is 5.11 Å². The number of aliphatic hydroxyl groups excluding tert-OH is 1. The minimum atomic E-state index is -0.671. The number of hydrogen-bond acceptors (Lipinski definition) is 4. The van der Waals surface area contributed by atoms with Crippen LogP contribution in [0.1, 0.15) is 11.7 Å². The second kappa shape index (κ2) is 3.36. The highest BCUT2D eigenvalue weighted by Crippen LogP contribution is 2.20. The molecule has 1 unspecified atom stereocenters. The molecule has 0 spiro atoms. The molecule has 0 aliphatic carbocycles. The van der Waals surface area contributed by atoms with Crippen LogP contribution in [0.25, 0.3) is 11.0 Å². The fraction of sp³-hybridized carbons (Fsp3) is 0.333. The van der Waals surface area contributed by atoms with Gasteiger partial charge in [0.2, 0.25) is 0 Å². The van der Waals surface area contributed by atoms with E-state index in [-0.39, 0.29) is 6.54 Å². The van der Waals surface area contributed by atoms with E-state index in [1.807, 2.05) is 25.2 Å². The predicted molar refractivity (Wildman–Crippen MR) is 52.5 cm³/mol. The summed E-state index contributed by atoms with van der Waals surface area (Å²) >= 11 is 0.